The number of methoxy groups -OCH3 is 1. The fourth-order valence-electron chi connectivity index (χ4n) is 2.05. The summed E-state index contributed by atoms with van der Waals surface area (Å²) in [5, 5.41) is 7.07. The van der Waals surface area contributed by atoms with Crippen molar-refractivity contribution in [3.63, 3.8) is 0 Å². The van der Waals surface area contributed by atoms with Gasteiger partial charge in [-0.25, -0.2) is 4.68 Å². The van der Waals surface area contributed by atoms with Crippen molar-refractivity contribution < 1.29 is 9.53 Å². The zero-order chi connectivity index (χ0) is 16.5. The third kappa shape index (κ3) is 5.30. The largest absolute Gasteiger partial charge is 0.383 e. The summed E-state index contributed by atoms with van der Waals surface area (Å²) in [5.41, 5.74) is 1.35. The molecule has 2 heterocycles. The Hall–Kier alpha value is -2.54. The third-order valence-corrected chi connectivity index (χ3v) is 3.23. The van der Waals surface area contributed by atoms with Crippen molar-refractivity contribution in [1.82, 2.24) is 20.1 Å². The van der Waals surface area contributed by atoms with Crippen LogP contribution in [0.15, 0.2) is 41.5 Å². The van der Waals surface area contributed by atoms with Gasteiger partial charge in [-0.2, -0.15) is 5.10 Å². The van der Waals surface area contributed by atoms with Gasteiger partial charge in [0, 0.05) is 50.6 Å². The summed E-state index contributed by atoms with van der Waals surface area (Å²) in [5.74, 6) is -0.0569. The average molecular weight is 316 g/mol. The first kappa shape index (κ1) is 16.8. The number of hydrogen-bond acceptors (Lipinski definition) is 5. The fourth-order valence-corrected chi connectivity index (χ4v) is 2.05. The van der Waals surface area contributed by atoms with E-state index in [1.54, 1.807) is 25.6 Å². The van der Waals surface area contributed by atoms with Crippen LogP contribution in [0, 0.1) is 0 Å². The molecule has 0 aromatic carbocycles. The molecule has 7 nitrogen and oxygen atoms in total. The fraction of sp³-hybridized carbons (Fsp3) is 0.375. The number of ether oxygens (including phenoxy) is 1. The van der Waals surface area contributed by atoms with E-state index < -0.39 is 0 Å². The van der Waals surface area contributed by atoms with Crippen molar-refractivity contribution in [2.75, 3.05) is 20.3 Å². The lowest BCUT2D eigenvalue weighted by Gasteiger charge is -2.07. The van der Waals surface area contributed by atoms with Crippen LogP contribution in [0.2, 0.25) is 0 Å². The predicted molar refractivity (Wildman–Crippen MR) is 85.8 cm³/mol. The van der Waals surface area contributed by atoms with Gasteiger partial charge in [-0.05, 0) is 24.6 Å². The van der Waals surface area contributed by atoms with E-state index in [1.165, 1.54) is 10.7 Å². The van der Waals surface area contributed by atoms with Crippen LogP contribution in [-0.2, 0) is 16.1 Å². The SMILES string of the molecule is COCCNC(=O)CCCn1nc(-c2cccnc2)ccc1=O. The first-order valence-electron chi connectivity index (χ1n) is 7.45. The minimum atomic E-state index is -0.183. The minimum absolute atomic E-state index is 0.0569. The Labute approximate surface area is 134 Å². The van der Waals surface area contributed by atoms with Crippen LogP contribution in [0.3, 0.4) is 0 Å². The van der Waals surface area contributed by atoms with E-state index in [1.807, 2.05) is 12.1 Å². The van der Waals surface area contributed by atoms with E-state index in [-0.39, 0.29) is 11.5 Å². The second-order valence-corrected chi connectivity index (χ2v) is 4.97. The molecule has 0 fully saturated rings. The van der Waals surface area contributed by atoms with Crippen molar-refractivity contribution in [2.45, 2.75) is 19.4 Å². The van der Waals surface area contributed by atoms with Gasteiger partial charge in [0.05, 0.1) is 12.3 Å². The van der Waals surface area contributed by atoms with Crippen LogP contribution in [0.1, 0.15) is 12.8 Å². The number of rotatable bonds is 8. The van der Waals surface area contributed by atoms with E-state index in [2.05, 4.69) is 15.4 Å². The van der Waals surface area contributed by atoms with Gasteiger partial charge in [-0.1, -0.05) is 0 Å². The monoisotopic (exact) mass is 316 g/mol. The van der Waals surface area contributed by atoms with Gasteiger partial charge in [0.15, 0.2) is 0 Å². The molecule has 0 spiro atoms. The van der Waals surface area contributed by atoms with Crippen LogP contribution in [0.25, 0.3) is 11.3 Å². The quantitative estimate of drug-likeness (QED) is 0.730. The topological polar surface area (TPSA) is 86.1 Å². The van der Waals surface area contributed by atoms with Gasteiger partial charge in [0.2, 0.25) is 5.91 Å². The summed E-state index contributed by atoms with van der Waals surface area (Å²) in [6, 6.07) is 6.85. The zero-order valence-corrected chi connectivity index (χ0v) is 13.1. The summed E-state index contributed by atoms with van der Waals surface area (Å²) >= 11 is 0. The lowest BCUT2D eigenvalue weighted by Crippen LogP contribution is -2.28. The molecule has 0 saturated carbocycles. The minimum Gasteiger partial charge on any atom is -0.383 e. The van der Waals surface area contributed by atoms with Gasteiger partial charge < -0.3 is 10.1 Å². The molecular formula is C16H20N4O3. The van der Waals surface area contributed by atoms with Crippen molar-refractivity contribution in [1.29, 1.82) is 0 Å². The van der Waals surface area contributed by atoms with E-state index >= 15 is 0 Å². The van der Waals surface area contributed by atoms with Gasteiger partial charge in [-0.3, -0.25) is 14.6 Å². The number of amides is 1. The molecule has 0 radical (unpaired) electrons. The van der Waals surface area contributed by atoms with Gasteiger partial charge in [0.1, 0.15) is 0 Å². The number of carbonyl (C=O) groups is 1. The van der Waals surface area contributed by atoms with Crippen LogP contribution in [0.5, 0.6) is 0 Å². The number of aryl methyl sites for hydroxylation is 1. The molecule has 0 bridgehead atoms. The zero-order valence-electron chi connectivity index (χ0n) is 13.1. The first-order chi connectivity index (χ1) is 11.2. The molecule has 2 aromatic rings. The molecule has 2 aromatic heterocycles. The second-order valence-electron chi connectivity index (χ2n) is 4.97. The molecule has 1 amide bonds. The highest BCUT2D eigenvalue weighted by Gasteiger charge is 2.05. The molecule has 0 saturated heterocycles. The van der Waals surface area contributed by atoms with Crippen LogP contribution in [-0.4, -0.2) is 40.9 Å². The lowest BCUT2D eigenvalue weighted by molar-refractivity contribution is -0.121. The van der Waals surface area contributed by atoms with Gasteiger partial charge in [0.25, 0.3) is 5.56 Å². The van der Waals surface area contributed by atoms with Crippen molar-refractivity contribution in [3.8, 4) is 11.3 Å². The Bertz CT molecular complexity index is 685. The standard InChI is InChI=1S/C16H20N4O3/c1-23-11-9-18-15(21)5-3-10-20-16(22)7-6-14(19-20)13-4-2-8-17-12-13/h2,4,6-8,12H,3,5,9-11H2,1H3,(H,18,21). The van der Waals surface area contributed by atoms with Crippen LogP contribution < -0.4 is 10.9 Å². The summed E-state index contributed by atoms with van der Waals surface area (Å²) in [7, 11) is 1.58. The molecule has 0 atom stereocenters. The molecule has 7 heteroatoms. The number of nitrogens with one attached hydrogen (secondary N) is 1. The smallest absolute Gasteiger partial charge is 0.266 e. The van der Waals surface area contributed by atoms with Crippen molar-refractivity contribution >= 4 is 5.91 Å². The normalized spacial score (nSPS) is 10.5. The Morgan fingerprint density at radius 3 is 2.96 bits per heavy atom. The summed E-state index contributed by atoms with van der Waals surface area (Å²) in [4.78, 5) is 27.5. The molecule has 0 unspecified atom stereocenters. The van der Waals surface area contributed by atoms with Crippen LogP contribution >= 0.6 is 0 Å². The molecule has 1 N–H and O–H groups in total. The molecular weight excluding hydrogens is 296 g/mol. The summed E-state index contributed by atoms with van der Waals surface area (Å²) in [6.45, 7) is 1.37. The highest BCUT2D eigenvalue weighted by atomic mass is 16.5. The number of hydrogen-bond donors (Lipinski definition) is 1. The third-order valence-electron chi connectivity index (χ3n) is 3.23. The summed E-state index contributed by atoms with van der Waals surface area (Å²) < 4.78 is 6.24. The number of aromatic nitrogens is 3. The Morgan fingerprint density at radius 2 is 2.22 bits per heavy atom. The molecule has 2 rings (SSSR count). The molecule has 122 valence electrons. The molecule has 0 aliphatic carbocycles. The number of carbonyl (C=O) groups excluding carboxylic acids is 1. The Kier molecular flexibility index (Phi) is 6.43. The number of pyridine rings is 1. The van der Waals surface area contributed by atoms with E-state index in [9.17, 15) is 9.59 Å². The van der Waals surface area contributed by atoms with E-state index in [0.29, 0.717) is 38.2 Å². The Balaban J connectivity index is 1.93. The molecule has 0 aliphatic heterocycles. The van der Waals surface area contributed by atoms with Crippen molar-refractivity contribution in [2.24, 2.45) is 0 Å². The van der Waals surface area contributed by atoms with Gasteiger partial charge in [-0.15, -0.1) is 0 Å². The predicted octanol–water partition coefficient (Wildman–Crippen LogP) is 0.848. The van der Waals surface area contributed by atoms with Crippen LogP contribution in [0.4, 0.5) is 0 Å². The summed E-state index contributed by atoms with van der Waals surface area (Å²) in [6.07, 6.45) is 4.26. The maximum Gasteiger partial charge on any atom is 0.266 e. The lowest BCUT2D eigenvalue weighted by atomic mass is 10.2. The highest BCUT2D eigenvalue weighted by molar-refractivity contribution is 5.75. The second kappa shape index (κ2) is 8.79. The van der Waals surface area contributed by atoms with Gasteiger partial charge >= 0.3 is 0 Å². The first-order valence-corrected chi connectivity index (χ1v) is 7.45. The molecule has 0 aliphatic rings. The molecule has 23 heavy (non-hydrogen) atoms. The number of nitrogens with zero attached hydrogens (tertiary/aromatic N) is 3. The Morgan fingerprint density at radius 1 is 1.35 bits per heavy atom. The highest BCUT2D eigenvalue weighted by Crippen LogP contribution is 2.12. The maximum atomic E-state index is 11.9. The average Bonchev–Trinajstić information content (AvgIpc) is 2.57. The van der Waals surface area contributed by atoms with E-state index in [0.717, 1.165) is 5.56 Å². The maximum absolute atomic E-state index is 11.9. The van der Waals surface area contributed by atoms with E-state index in [4.69, 9.17) is 4.74 Å². The van der Waals surface area contributed by atoms with Crippen molar-refractivity contribution in [3.05, 3.63) is 47.0 Å².